The monoisotopic (exact) mass is 343 g/mol. The number of hydrogen-bond acceptors (Lipinski definition) is 3. The van der Waals surface area contributed by atoms with E-state index in [1.165, 1.54) is 6.20 Å². The molecule has 7 heteroatoms. The Labute approximate surface area is 120 Å². The van der Waals surface area contributed by atoms with Crippen molar-refractivity contribution in [3.8, 4) is 0 Å². The van der Waals surface area contributed by atoms with E-state index in [9.17, 15) is 8.42 Å². The fraction of sp³-hybridized carbons (Fsp3) is 0.250. The number of aryl methyl sites for hydroxylation is 3. The Balaban J connectivity index is 2.39. The largest absolute Gasteiger partial charge is 0.337 e. The average molecular weight is 344 g/mol. The van der Waals surface area contributed by atoms with Crippen LogP contribution < -0.4 is 4.72 Å². The number of nitrogens with zero attached hydrogens (tertiary/aromatic N) is 2. The van der Waals surface area contributed by atoms with Gasteiger partial charge in [0, 0.05) is 17.7 Å². The van der Waals surface area contributed by atoms with Crippen molar-refractivity contribution in [3.63, 3.8) is 0 Å². The second-order valence-electron chi connectivity index (χ2n) is 4.30. The summed E-state index contributed by atoms with van der Waals surface area (Å²) in [4.78, 5) is 4.03. The third-order valence-corrected chi connectivity index (χ3v) is 4.54. The van der Waals surface area contributed by atoms with E-state index < -0.39 is 10.0 Å². The second-order valence-corrected chi connectivity index (χ2v) is 6.85. The molecule has 0 saturated heterocycles. The van der Waals surface area contributed by atoms with Crippen molar-refractivity contribution in [3.05, 3.63) is 40.3 Å². The summed E-state index contributed by atoms with van der Waals surface area (Å²) in [6.45, 7) is 3.59. The Morgan fingerprint density at radius 1 is 1.32 bits per heavy atom. The van der Waals surface area contributed by atoms with Crippen LogP contribution in [-0.4, -0.2) is 18.0 Å². The van der Waals surface area contributed by atoms with E-state index in [4.69, 9.17) is 0 Å². The number of imidazole rings is 1. The first-order valence-electron chi connectivity index (χ1n) is 5.58. The Bertz CT molecular complexity index is 703. The minimum atomic E-state index is -3.66. The van der Waals surface area contributed by atoms with Gasteiger partial charge in [-0.1, -0.05) is 22.0 Å². The van der Waals surface area contributed by atoms with Gasteiger partial charge >= 0.3 is 0 Å². The van der Waals surface area contributed by atoms with Crippen LogP contribution in [0.2, 0.25) is 0 Å². The van der Waals surface area contributed by atoms with E-state index in [0.29, 0.717) is 11.5 Å². The van der Waals surface area contributed by atoms with Gasteiger partial charge in [0.05, 0.1) is 5.69 Å². The maximum atomic E-state index is 12.2. The summed E-state index contributed by atoms with van der Waals surface area (Å²) in [7, 11) is -1.90. The van der Waals surface area contributed by atoms with Crippen LogP contribution in [-0.2, 0) is 17.1 Å². The van der Waals surface area contributed by atoms with Crippen LogP contribution in [0.25, 0.3) is 0 Å². The molecule has 2 aromatic rings. The van der Waals surface area contributed by atoms with Gasteiger partial charge in [-0.25, -0.2) is 4.98 Å². The summed E-state index contributed by atoms with van der Waals surface area (Å²) in [6.07, 6.45) is 1.49. The summed E-state index contributed by atoms with van der Waals surface area (Å²) in [6, 6.07) is 5.42. The van der Waals surface area contributed by atoms with Gasteiger partial charge in [0.15, 0.2) is 5.03 Å². The fourth-order valence-corrected chi connectivity index (χ4v) is 3.08. The molecule has 0 amide bonds. The lowest BCUT2D eigenvalue weighted by atomic mass is 10.2. The molecule has 0 spiro atoms. The molecule has 5 nitrogen and oxygen atoms in total. The Kier molecular flexibility index (Phi) is 3.69. The van der Waals surface area contributed by atoms with Gasteiger partial charge in [-0.15, -0.1) is 0 Å². The topological polar surface area (TPSA) is 64.0 Å². The summed E-state index contributed by atoms with van der Waals surface area (Å²) in [5.41, 5.74) is 1.39. The van der Waals surface area contributed by atoms with E-state index in [2.05, 4.69) is 25.6 Å². The molecule has 0 aliphatic carbocycles. The molecule has 2 rings (SSSR count). The van der Waals surface area contributed by atoms with Crippen LogP contribution in [0.1, 0.15) is 11.4 Å². The molecular weight excluding hydrogens is 330 g/mol. The fourth-order valence-electron chi connectivity index (χ4n) is 1.56. The van der Waals surface area contributed by atoms with Crippen molar-refractivity contribution in [2.75, 3.05) is 4.72 Å². The molecule has 0 fully saturated rings. The maximum Gasteiger partial charge on any atom is 0.280 e. The highest BCUT2D eigenvalue weighted by Gasteiger charge is 2.19. The van der Waals surface area contributed by atoms with Crippen LogP contribution in [0.4, 0.5) is 5.69 Å². The molecule has 1 heterocycles. The lowest BCUT2D eigenvalue weighted by molar-refractivity contribution is 0.598. The first-order chi connectivity index (χ1) is 8.79. The number of benzene rings is 1. The standard InChI is InChI=1S/C12H14BrN3O2S/c1-8-4-5-10(13)6-11(8)15-19(17,18)12-7-16(3)9(2)14-12/h4-7,15H,1-3H3. The molecule has 0 aliphatic heterocycles. The number of rotatable bonds is 3. The maximum absolute atomic E-state index is 12.2. The van der Waals surface area contributed by atoms with Gasteiger partial charge in [0.1, 0.15) is 5.82 Å². The molecule has 102 valence electrons. The third kappa shape index (κ3) is 2.98. The molecule has 19 heavy (non-hydrogen) atoms. The van der Waals surface area contributed by atoms with Gasteiger partial charge in [0.2, 0.25) is 0 Å². The highest BCUT2D eigenvalue weighted by Crippen LogP contribution is 2.23. The molecule has 0 saturated carbocycles. The number of nitrogens with one attached hydrogen (secondary N) is 1. The minimum absolute atomic E-state index is 0.0203. The summed E-state index contributed by atoms with van der Waals surface area (Å²) >= 11 is 3.32. The number of sulfonamides is 1. The van der Waals surface area contributed by atoms with Crippen LogP contribution in [0.5, 0.6) is 0 Å². The molecule has 0 aliphatic rings. The van der Waals surface area contributed by atoms with Crippen molar-refractivity contribution in [1.82, 2.24) is 9.55 Å². The zero-order chi connectivity index (χ0) is 14.2. The van der Waals surface area contributed by atoms with E-state index in [1.807, 2.05) is 19.1 Å². The van der Waals surface area contributed by atoms with Gasteiger partial charge in [-0.05, 0) is 31.5 Å². The van der Waals surface area contributed by atoms with Gasteiger partial charge in [0.25, 0.3) is 10.0 Å². The molecule has 0 unspecified atom stereocenters. The van der Waals surface area contributed by atoms with E-state index >= 15 is 0 Å². The quantitative estimate of drug-likeness (QED) is 0.931. The smallest absolute Gasteiger partial charge is 0.280 e. The van der Waals surface area contributed by atoms with Crippen LogP contribution in [0.15, 0.2) is 33.9 Å². The highest BCUT2D eigenvalue weighted by atomic mass is 79.9. The van der Waals surface area contributed by atoms with E-state index in [1.54, 1.807) is 24.6 Å². The first-order valence-corrected chi connectivity index (χ1v) is 7.86. The summed E-state index contributed by atoms with van der Waals surface area (Å²) in [5.74, 6) is 0.645. The third-order valence-electron chi connectivity index (χ3n) is 2.81. The van der Waals surface area contributed by atoms with Crippen molar-refractivity contribution in [2.45, 2.75) is 18.9 Å². The number of aromatic nitrogens is 2. The lowest BCUT2D eigenvalue weighted by Crippen LogP contribution is -2.14. The van der Waals surface area contributed by atoms with Crippen molar-refractivity contribution in [2.24, 2.45) is 7.05 Å². The Morgan fingerprint density at radius 3 is 2.58 bits per heavy atom. The van der Waals surface area contributed by atoms with Crippen LogP contribution in [0, 0.1) is 13.8 Å². The molecule has 0 bridgehead atoms. The van der Waals surface area contributed by atoms with Crippen molar-refractivity contribution < 1.29 is 8.42 Å². The van der Waals surface area contributed by atoms with E-state index in [0.717, 1.165) is 10.0 Å². The van der Waals surface area contributed by atoms with Gasteiger partial charge < -0.3 is 4.57 Å². The van der Waals surface area contributed by atoms with Crippen LogP contribution in [0.3, 0.4) is 0 Å². The normalized spacial score (nSPS) is 11.6. The molecule has 1 aromatic carbocycles. The molecule has 0 atom stereocenters. The highest BCUT2D eigenvalue weighted by molar-refractivity contribution is 9.10. The van der Waals surface area contributed by atoms with Crippen molar-refractivity contribution in [1.29, 1.82) is 0 Å². The van der Waals surface area contributed by atoms with E-state index in [-0.39, 0.29) is 5.03 Å². The molecular formula is C12H14BrN3O2S. The predicted octanol–water partition coefficient (Wildman–Crippen LogP) is 2.60. The molecule has 1 aromatic heterocycles. The van der Waals surface area contributed by atoms with Crippen molar-refractivity contribution >= 4 is 31.6 Å². The number of halogens is 1. The van der Waals surface area contributed by atoms with Gasteiger partial charge in [-0.3, -0.25) is 4.72 Å². The Morgan fingerprint density at radius 2 is 2.00 bits per heavy atom. The number of hydrogen-bond donors (Lipinski definition) is 1. The second kappa shape index (κ2) is 4.97. The Hall–Kier alpha value is -1.34. The summed E-state index contributed by atoms with van der Waals surface area (Å²) < 4.78 is 29.5. The zero-order valence-electron chi connectivity index (χ0n) is 10.8. The van der Waals surface area contributed by atoms with Crippen LogP contribution >= 0.6 is 15.9 Å². The summed E-state index contributed by atoms with van der Waals surface area (Å²) in [5, 5.41) is 0.0203. The predicted molar refractivity (Wildman–Crippen MR) is 77.6 cm³/mol. The number of anilines is 1. The lowest BCUT2D eigenvalue weighted by Gasteiger charge is -2.09. The first kappa shape index (κ1) is 14.1. The average Bonchev–Trinajstić information content (AvgIpc) is 2.65. The molecule has 1 N–H and O–H groups in total. The van der Waals surface area contributed by atoms with Gasteiger partial charge in [-0.2, -0.15) is 8.42 Å². The zero-order valence-corrected chi connectivity index (χ0v) is 13.2. The minimum Gasteiger partial charge on any atom is -0.337 e. The SMILES string of the molecule is Cc1ccc(Br)cc1NS(=O)(=O)c1cn(C)c(C)n1. The molecule has 0 radical (unpaired) electrons.